The van der Waals surface area contributed by atoms with E-state index in [0.717, 1.165) is 48.7 Å². The first-order chi connectivity index (χ1) is 13.6. The van der Waals surface area contributed by atoms with Crippen molar-refractivity contribution in [1.82, 2.24) is 15.5 Å². The predicted molar refractivity (Wildman–Crippen MR) is 111 cm³/mol. The van der Waals surface area contributed by atoms with E-state index in [4.69, 9.17) is 0 Å². The van der Waals surface area contributed by atoms with Gasteiger partial charge in [-0.1, -0.05) is 43.3 Å². The van der Waals surface area contributed by atoms with E-state index in [1.165, 1.54) is 0 Å². The number of benzene rings is 2. The van der Waals surface area contributed by atoms with Crippen molar-refractivity contribution in [2.45, 2.75) is 32.2 Å². The summed E-state index contributed by atoms with van der Waals surface area (Å²) in [6, 6.07) is 14.1. The summed E-state index contributed by atoms with van der Waals surface area (Å²) in [5, 5.41) is 8.67. The van der Waals surface area contributed by atoms with Gasteiger partial charge in [0.1, 0.15) is 0 Å². The number of hydrogen-bond acceptors (Lipinski definition) is 3. The third-order valence-electron chi connectivity index (χ3n) is 6.33. The molecule has 5 heteroatoms. The minimum Gasteiger partial charge on any atom is -0.352 e. The number of amides is 2. The summed E-state index contributed by atoms with van der Waals surface area (Å²) in [6.07, 6.45) is 2.57. The van der Waals surface area contributed by atoms with E-state index in [2.05, 4.69) is 17.6 Å². The zero-order valence-corrected chi connectivity index (χ0v) is 16.5. The predicted octanol–water partition coefficient (Wildman–Crippen LogP) is 2.81. The molecule has 0 aromatic heterocycles. The van der Waals surface area contributed by atoms with Gasteiger partial charge in [0.05, 0.1) is 0 Å². The van der Waals surface area contributed by atoms with E-state index >= 15 is 0 Å². The summed E-state index contributed by atoms with van der Waals surface area (Å²) in [5.74, 6) is 0.738. The number of carbonyl (C=O) groups is 2. The molecular weight excluding hydrogens is 350 g/mol. The van der Waals surface area contributed by atoms with Crippen LogP contribution < -0.4 is 10.6 Å². The van der Waals surface area contributed by atoms with E-state index in [0.29, 0.717) is 19.0 Å². The zero-order chi connectivity index (χ0) is 19.5. The number of likely N-dealkylation sites (tertiary alicyclic amines) is 1. The SMILES string of the molecule is CC1CCNCC1NC(=O)C1CCN(C(=O)c2cccc3ccccc23)CC1. The molecule has 2 N–H and O–H groups in total. The molecule has 0 saturated carbocycles. The fourth-order valence-corrected chi connectivity index (χ4v) is 4.41. The molecule has 2 aliphatic heterocycles. The molecule has 5 nitrogen and oxygen atoms in total. The first-order valence-corrected chi connectivity index (χ1v) is 10.4. The van der Waals surface area contributed by atoms with Crippen molar-refractivity contribution >= 4 is 22.6 Å². The molecule has 2 unspecified atom stereocenters. The van der Waals surface area contributed by atoms with Crippen LogP contribution in [0.5, 0.6) is 0 Å². The molecule has 2 aliphatic rings. The lowest BCUT2D eigenvalue weighted by Crippen LogP contribution is -2.52. The average molecular weight is 380 g/mol. The minimum atomic E-state index is 0.00527. The van der Waals surface area contributed by atoms with E-state index in [-0.39, 0.29) is 23.8 Å². The van der Waals surface area contributed by atoms with Crippen LogP contribution in [0.1, 0.15) is 36.5 Å². The summed E-state index contributed by atoms with van der Waals surface area (Å²) in [7, 11) is 0. The van der Waals surface area contributed by atoms with Crippen LogP contribution in [0.25, 0.3) is 10.8 Å². The van der Waals surface area contributed by atoms with Gasteiger partial charge < -0.3 is 15.5 Å². The first kappa shape index (κ1) is 18.9. The van der Waals surface area contributed by atoms with Gasteiger partial charge in [-0.2, -0.15) is 0 Å². The van der Waals surface area contributed by atoms with E-state index in [9.17, 15) is 9.59 Å². The van der Waals surface area contributed by atoms with Crippen LogP contribution in [-0.4, -0.2) is 48.9 Å². The third kappa shape index (κ3) is 3.90. The second-order valence-corrected chi connectivity index (χ2v) is 8.18. The summed E-state index contributed by atoms with van der Waals surface area (Å²) in [4.78, 5) is 27.7. The van der Waals surface area contributed by atoms with Crippen LogP contribution in [0.2, 0.25) is 0 Å². The van der Waals surface area contributed by atoms with Crippen molar-refractivity contribution < 1.29 is 9.59 Å². The van der Waals surface area contributed by atoms with Gasteiger partial charge in [0.2, 0.25) is 5.91 Å². The Kier molecular flexibility index (Phi) is 5.62. The maximum absolute atomic E-state index is 13.1. The van der Waals surface area contributed by atoms with Crippen LogP contribution in [0.4, 0.5) is 0 Å². The summed E-state index contributed by atoms with van der Waals surface area (Å²) < 4.78 is 0. The molecule has 2 atom stereocenters. The molecule has 2 heterocycles. The Hall–Kier alpha value is -2.40. The summed E-state index contributed by atoms with van der Waals surface area (Å²) in [5.41, 5.74) is 0.753. The Morgan fingerprint density at radius 2 is 1.79 bits per heavy atom. The molecule has 0 bridgehead atoms. The highest BCUT2D eigenvalue weighted by Crippen LogP contribution is 2.24. The monoisotopic (exact) mass is 379 g/mol. The van der Waals surface area contributed by atoms with Crippen LogP contribution in [-0.2, 0) is 4.79 Å². The number of fused-ring (bicyclic) bond motifs is 1. The zero-order valence-electron chi connectivity index (χ0n) is 16.5. The van der Waals surface area contributed by atoms with Crippen LogP contribution >= 0.6 is 0 Å². The normalized spacial score (nSPS) is 23.5. The standard InChI is InChI=1S/C23H29N3O2/c1-16-9-12-24-15-21(16)25-22(27)18-10-13-26(14-11-18)23(28)20-8-4-6-17-5-2-3-7-19(17)20/h2-8,16,18,21,24H,9-15H2,1H3,(H,25,27). The molecule has 0 radical (unpaired) electrons. The lowest BCUT2D eigenvalue weighted by molar-refractivity contribution is -0.127. The van der Waals surface area contributed by atoms with Crippen molar-refractivity contribution in [3.63, 3.8) is 0 Å². The molecule has 4 rings (SSSR count). The first-order valence-electron chi connectivity index (χ1n) is 10.4. The van der Waals surface area contributed by atoms with Crippen molar-refractivity contribution in [2.24, 2.45) is 11.8 Å². The Labute approximate surface area is 166 Å². The molecule has 2 amide bonds. The fraction of sp³-hybridized carbons (Fsp3) is 0.478. The van der Waals surface area contributed by atoms with Crippen molar-refractivity contribution in [3.05, 3.63) is 48.0 Å². The smallest absolute Gasteiger partial charge is 0.254 e. The Bertz CT molecular complexity index is 853. The number of carbonyl (C=O) groups excluding carboxylic acids is 2. The summed E-state index contributed by atoms with van der Waals surface area (Å²) in [6.45, 7) is 5.36. The molecule has 148 valence electrons. The van der Waals surface area contributed by atoms with Crippen molar-refractivity contribution in [1.29, 1.82) is 0 Å². The van der Waals surface area contributed by atoms with Gasteiger partial charge >= 0.3 is 0 Å². The van der Waals surface area contributed by atoms with Gasteiger partial charge in [0.25, 0.3) is 5.91 Å². The number of rotatable bonds is 3. The summed E-state index contributed by atoms with van der Waals surface area (Å²) >= 11 is 0. The Morgan fingerprint density at radius 3 is 2.57 bits per heavy atom. The highest BCUT2D eigenvalue weighted by molar-refractivity contribution is 6.07. The second kappa shape index (κ2) is 8.31. The maximum Gasteiger partial charge on any atom is 0.254 e. The molecular formula is C23H29N3O2. The molecule has 2 aromatic rings. The van der Waals surface area contributed by atoms with Gasteiger partial charge in [-0.15, -0.1) is 0 Å². The third-order valence-corrected chi connectivity index (χ3v) is 6.33. The number of piperidine rings is 2. The van der Waals surface area contributed by atoms with E-state index in [1.807, 2.05) is 47.4 Å². The highest BCUT2D eigenvalue weighted by Gasteiger charge is 2.31. The topological polar surface area (TPSA) is 61.4 Å². The Morgan fingerprint density at radius 1 is 1.04 bits per heavy atom. The number of hydrogen-bond donors (Lipinski definition) is 2. The highest BCUT2D eigenvalue weighted by atomic mass is 16.2. The maximum atomic E-state index is 13.1. The Balaban J connectivity index is 1.37. The van der Waals surface area contributed by atoms with Crippen LogP contribution in [0.3, 0.4) is 0 Å². The van der Waals surface area contributed by atoms with Crippen molar-refractivity contribution in [3.8, 4) is 0 Å². The number of nitrogens with zero attached hydrogens (tertiary/aromatic N) is 1. The minimum absolute atomic E-state index is 0.00527. The lowest BCUT2D eigenvalue weighted by atomic mass is 9.91. The molecule has 0 spiro atoms. The molecule has 28 heavy (non-hydrogen) atoms. The van der Waals surface area contributed by atoms with Gasteiger partial charge in [0, 0.05) is 37.2 Å². The lowest BCUT2D eigenvalue weighted by Gasteiger charge is -2.34. The van der Waals surface area contributed by atoms with Gasteiger partial charge in [-0.3, -0.25) is 9.59 Å². The molecule has 0 aliphatic carbocycles. The molecule has 2 saturated heterocycles. The van der Waals surface area contributed by atoms with E-state index < -0.39 is 0 Å². The van der Waals surface area contributed by atoms with Crippen LogP contribution in [0, 0.1) is 11.8 Å². The second-order valence-electron chi connectivity index (χ2n) is 8.18. The average Bonchev–Trinajstić information content (AvgIpc) is 2.74. The fourth-order valence-electron chi connectivity index (χ4n) is 4.41. The van der Waals surface area contributed by atoms with Gasteiger partial charge in [-0.05, 0) is 48.6 Å². The van der Waals surface area contributed by atoms with E-state index in [1.54, 1.807) is 0 Å². The molecule has 2 fully saturated rings. The van der Waals surface area contributed by atoms with Gasteiger partial charge in [0.15, 0.2) is 0 Å². The van der Waals surface area contributed by atoms with Crippen molar-refractivity contribution in [2.75, 3.05) is 26.2 Å². The molecule has 2 aromatic carbocycles. The van der Waals surface area contributed by atoms with Gasteiger partial charge in [-0.25, -0.2) is 0 Å². The largest absolute Gasteiger partial charge is 0.352 e. The number of nitrogens with one attached hydrogen (secondary N) is 2. The quantitative estimate of drug-likeness (QED) is 0.862. The van der Waals surface area contributed by atoms with Crippen LogP contribution in [0.15, 0.2) is 42.5 Å².